The highest BCUT2D eigenvalue weighted by molar-refractivity contribution is 5.01. The first-order valence-corrected chi connectivity index (χ1v) is 4.43. The number of hydrogen-bond donors (Lipinski definition) is 1. The highest BCUT2D eigenvalue weighted by atomic mass is 16.4. The Bertz CT molecular complexity index is 269. The Morgan fingerprint density at radius 1 is 1.58 bits per heavy atom. The van der Waals surface area contributed by atoms with Crippen LogP contribution in [0.1, 0.15) is 36.8 Å². The average Bonchev–Trinajstić information content (AvgIpc) is 2.58. The summed E-state index contributed by atoms with van der Waals surface area (Å²) in [6.07, 6.45) is 5.03. The van der Waals surface area contributed by atoms with Crippen LogP contribution >= 0.6 is 0 Å². The Hall–Kier alpha value is -0.830. The maximum Gasteiger partial charge on any atom is 0.197 e. The second kappa shape index (κ2) is 2.90. The molecule has 0 bridgehead atoms. The molecule has 1 aromatic heterocycles. The smallest absolute Gasteiger partial charge is 0.197 e. The van der Waals surface area contributed by atoms with E-state index in [0.29, 0.717) is 12.0 Å². The lowest BCUT2D eigenvalue weighted by Gasteiger charge is -2.02. The van der Waals surface area contributed by atoms with Crippen LogP contribution in [0.3, 0.4) is 0 Å². The first-order valence-electron chi connectivity index (χ1n) is 4.43. The van der Waals surface area contributed by atoms with Gasteiger partial charge in [-0.1, -0.05) is 0 Å². The molecule has 2 rings (SSSR count). The Balaban J connectivity index is 2.11. The van der Waals surface area contributed by atoms with Gasteiger partial charge in [0.2, 0.25) is 0 Å². The van der Waals surface area contributed by atoms with Gasteiger partial charge < -0.3 is 10.2 Å². The summed E-state index contributed by atoms with van der Waals surface area (Å²) in [6, 6.07) is 0.349. The number of nitrogens with two attached hydrogens (primary N) is 1. The molecule has 3 nitrogen and oxygen atoms in total. The number of rotatable bonds is 1. The molecular formula is C9H14N2O. The second-order valence-electron chi connectivity index (χ2n) is 3.58. The zero-order valence-corrected chi connectivity index (χ0v) is 7.29. The number of nitrogens with zero attached hydrogens (tertiary/aromatic N) is 1. The molecule has 66 valence electrons. The van der Waals surface area contributed by atoms with Gasteiger partial charge in [0.15, 0.2) is 5.89 Å². The van der Waals surface area contributed by atoms with Crippen LogP contribution in [0.4, 0.5) is 0 Å². The third kappa shape index (κ3) is 1.37. The number of aromatic nitrogens is 1. The van der Waals surface area contributed by atoms with Crippen molar-refractivity contribution < 1.29 is 4.42 Å². The van der Waals surface area contributed by atoms with E-state index in [1.54, 1.807) is 6.20 Å². The van der Waals surface area contributed by atoms with Crippen molar-refractivity contribution in [2.75, 3.05) is 0 Å². The van der Waals surface area contributed by atoms with Crippen molar-refractivity contribution in [2.24, 2.45) is 5.73 Å². The molecule has 1 saturated carbocycles. The topological polar surface area (TPSA) is 52.0 Å². The van der Waals surface area contributed by atoms with E-state index in [9.17, 15) is 0 Å². The van der Waals surface area contributed by atoms with Crippen LogP contribution in [-0.4, -0.2) is 11.0 Å². The van der Waals surface area contributed by atoms with Crippen molar-refractivity contribution in [3.8, 4) is 0 Å². The van der Waals surface area contributed by atoms with E-state index in [1.807, 2.05) is 6.92 Å². The van der Waals surface area contributed by atoms with E-state index < -0.39 is 0 Å². The molecule has 0 unspecified atom stereocenters. The van der Waals surface area contributed by atoms with E-state index in [-0.39, 0.29) is 0 Å². The van der Waals surface area contributed by atoms with Gasteiger partial charge in [-0.05, 0) is 26.2 Å². The van der Waals surface area contributed by atoms with Gasteiger partial charge in [0.05, 0.1) is 6.20 Å². The monoisotopic (exact) mass is 166 g/mol. The molecule has 1 heterocycles. The predicted octanol–water partition coefficient (Wildman–Crippen LogP) is 1.58. The molecule has 1 aromatic rings. The molecule has 3 heteroatoms. The van der Waals surface area contributed by atoms with Gasteiger partial charge in [-0.3, -0.25) is 0 Å². The largest absolute Gasteiger partial charge is 0.446 e. The van der Waals surface area contributed by atoms with E-state index in [0.717, 1.165) is 30.9 Å². The zero-order valence-electron chi connectivity index (χ0n) is 7.29. The first-order chi connectivity index (χ1) is 5.75. The maximum absolute atomic E-state index is 5.80. The molecule has 1 fully saturated rings. The van der Waals surface area contributed by atoms with Crippen molar-refractivity contribution in [1.82, 2.24) is 4.98 Å². The molecule has 2 atom stereocenters. The Morgan fingerprint density at radius 3 is 2.92 bits per heavy atom. The molecule has 0 saturated heterocycles. The fourth-order valence-electron chi connectivity index (χ4n) is 1.80. The maximum atomic E-state index is 5.80. The van der Waals surface area contributed by atoms with Crippen LogP contribution in [0, 0.1) is 6.92 Å². The molecule has 1 aliphatic rings. The summed E-state index contributed by atoms with van der Waals surface area (Å²) in [5.41, 5.74) is 5.80. The lowest BCUT2D eigenvalue weighted by atomic mass is 10.1. The predicted molar refractivity (Wildman–Crippen MR) is 45.8 cm³/mol. The van der Waals surface area contributed by atoms with Crippen LogP contribution in [0.15, 0.2) is 10.6 Å². The Morgan fingerprint density at radius 2 is 2.42 bits per heavy atom. The van der Waals surface area contributed by atoms with E-state index >= 15 is 0 Å². The van der Waals surface area contributed by atoms with Crippen LogP contribution in [0.5, 0.6) is 0 Å². The minimum atomic E-state index is 0.349. The quantitative estimate of drug-likeness (QED) is 0.689. The van der Waals surface area contributed by atoms with Crippen LogP contribution in [-0.2, 0) is 0 Å². The summed E-state index contributed by atoms with van der Waals surface area (Å²) < 4.78 is 5.45. The lowest BCUT2D eigenvalue weighted by Crippen LogP contribution is -2.14. The number of aryl methyl sites for hydroxylation is 1. The summed E-state index contributed by atoms with van der Waals surface area (Å²) in [7, 11) is 0. The van der Waals surface area contributed by atoms with Crippen molar-refractivity contribution in [2.45, 2.75) is 38.1 Å². The summed E-state index contributed by atoms with van der Waals surface area (Å²) in [4.78, 5) is 4.21. The Labute approximate surface area is 72.0 Å². The molecule has 0 aliphatic heterocycles. The molecular weight excluding hydrogens is 152 g/mol. The molecule has 0 radical (unpaired) electrons. The van der Waals surface area contributed by atoms with E-state index in [2.05, 4.69) is 4.98 Å². The van der Waals surface area contributed by atoms with Crippen LogP contribution in [0.2, 0.25) is 0 Å². The fraction of sp³-hybridized carbons (Fsp3) is 0.667. The minimum absolute atomic E-state index is 0.349. The normalized spacial score (nSPS) is 29.5. The highest BCUT2D eigenvalue weighted by Gasteiger charge is 2.26. The number of oxazole rings is 1. The summed E-state index contributed by atoms with van der Waals surface area (Å²) in [6.45, 7) is 1.92. The van der Waals surface area contributed by atoms with E-state index in [4.69, 9.17) is 10.2 Å². The van der Waals surface area contributed by atoms with Crippen molar-refractivity contribution in [3.63, 3.8) is 0 Å². The molecule has 1 aliphatic carbocycles. The van der Waals surface area contributed by atoms with Crippen molar-refractivity contribution in [1.29, 1.82) is 0 Å². The number of hydrogen-bond acceptors (Lipinski definition) is 3. The summed E-state index contributed by atoms with van der Waals surface area (Å²) in [5.74, 6) is 2.24. The molecule has 0 amide bonds. The highest BCUT2D eigenvalue weighted by Crippen LogP contribution is 2.32. The van der Waals surface area contributed by atoms with Crippen LogP contribution in [0.25, 0.3) is 0 Å². The van der Waals surface area contributed by atoms with Gasteiger partial charge in [-0.15, -0.1) is 0 Å². The standard InChI is InChI=1S/C9H14N2O/c1-6-5-11-9(12-6)7-2-3-8(10)4-7/h5,7-8H,2-4,10H2,1H3/t7-,8+/m0/s1. The van der Waals surface area contributed by atoms with Gasteiger partial charge in [0, 0.05) is 12.0 Å². The molecule has 2 N–H and O–H groups in total. The van der Waals surface area contributed by atoms with E-state index in [1.165, 1.54) is 0 Å². The van der Waals surface area contributed by atoms with Gasteiger partial charge in [0.1, 0.15) is 5.76 Å². The average molecular weight is 166 g/mol. The van der Waals surface area contributed by atoms with Gasteiger partial charge >= 0.3 is 0 Å². The zero-order chi connectivity index (χ0) is 8.55. The second-order valence-corrected chi connectivity index (χ2v) is 3.58. The fourth-order valence-corrected chi connectivity index (χ4v) is 1.80. The first kappa shape index (κ1) is 7.80. The summed E-state index contributed by atoms with van der Waals surface area (Å²) in [5, 5.41) is 0. The van der Waals surface area contributed by atoms with Gasteiger partial charge in [0.25, 0.3) is 0 Å². The summed E-state index contributed by atoms with van der Waals surface area (Å²) >= 11 is 0. The molecule has 12 heavy (non-hydrogen) atoms. The third-order valence-corrected chi connectivity index (χ3v) is 2.46. The minimum Gasteiger partial charge on any atom is -0.446 e. The van der Waals surface area contributed by atoms with Gasteiger partial charge in [-0.2, -0.15) is 0 Å². The SMILES string of the molecule is Cc1cnc([C@H]2CC[C@@H](N)C2)o1. The lowest BCUT2D eigenvalue weighted by molar-refractivity contribution is 0.429. The van der Waals surface area contributed by atoms with Gasteiger partial charge in [-0.25, -0.2) is 4.98 Å². The van der Waals surface area contributed by atoms with Crippen molar-refractivity contribution >= 4 is 0 Å². The molecule has 0 aromatic carbocycles. The third-order valence-electron chi connectivity index (χ3n) is 2.46. The molecule has 0 spiro atoms. The van der Waals surface area contributed by atoms with Crippen LogP contribution < -0.4 is 5.73 Å². The van der Waals surface area contributed by atoms with Crippen molar-refractivity contribution in [3.05, 3.63) is 17.8 Å². The Kier molecular flexibility index (Phi) is 1.89.